The number of non-ortho nitro benzene ring substituents is 1. The summed E-state index contributed by atoms with van der Waals surface area (Å²) in [5, 5.41) is 37.5. The number of rotatable bonds is 4. The number of fused-ring (bicyclic) bond motifs is 1. The molecular weight excluding hydrogens is 298 g/mol. The molecule has 0 aliphatic rings. The molecule has 2 N–H and O–H groups in total. The maximum atomic E-state index is 11.1. The molecule has 0 unspecified atom stereocenters. The first-order chi connectivity index (χ1) is 11.2. The number of benzene rings is 2. The lowest BCUT2D eigenvalue weighted by Gasteiger charge is -2.07. The van der Waals surface area contributed by atoms with E-state index in [1.165, 1.54) is 12.3 Å². The highest BCUT2D eigenvalue weighted by atomic mass is 16.6. The second-order valence-electron chi connectivity index (χ2n) is 4.48. The molecule has 0 fully saturated rings. The van der Waals surface area contributed by atoms with E-state index in [2.05, 4.69) is 25.9 Å². The predicted molar refractivity (Wildman–Crippen MR) is 82.0 cm³/mol. The van der Waals surface area contributed by atoms with Crippen molar-refractivity contribution in [1.82, 2.24) is 20.6 Å². The van der Waals surface area contributed by atoms with Gasteiger partial charge in [-0.05, 0) is 17.3 Å². The summed E-state index contributed by atoms with van der Waals surface area (Å²) in [5.74, 6) is 0.159. The van der Waals surface area contributed by atoms with Crippen LogP contribution in [0.5, 0.6) is 0 Å². The average molecular weight is 307 g/mol. The first-order valence-electron chi connectivity index (χ1n) is 6.47. The number of nitriles is 1. The summed E-state index contributed by atoms with van der Waals surface area (Å²) in [6.45, 7) is 0. The zero-order chi connectivity index (χ0) is 16.2. The molecule has 9 nitrogen and oxygen atoms in total. The lowest BCUT2D eigenvalue weighted by molar-refractivity contribution is -0.383. The van der Waals surface area contributed by atoms with E-state index in [9.17, 15) is 10.1 Å². The summed E-state index contributed by atoms with van der Waals surface area (Å²) in [6.07, 6.45) is 1.43. The number of nitrogens with zero attached hydrogens (tertiary/aromatic N) is 5. The fraction of sp³-hybridized carbons (Fsp3) is 0. The number of hydrogen-bond acceptors (Lipinski definition) is 7. The van der Waals surface area contributed by atoms with Crippen LogP contribution in [-0.2, 0) is 0 Å². The van der Waals surface area contributed by atoms with E-state index in [4.69, 9.17) is 5.26 Å². The van der Waals surface area contributed by atoms with Crippen molar-refractivity contribution in [3.63, 3.8) is 0 Å². The lowest BCUT2D eigenvalue weighted by atomic mass is 10.1. The topological polar surface area (TPSA) is 133 Å². The quantitative estimate of drug-likeness (QED) is 0.429. The Morgan fingerprint density at radius 1 is 1.30 bits per heavy atom. The molecule has 3 rings (SSSR count). The van der Waals surface area contributed by atoms with Crippen molar-refractivity contribution in [1.29, 1.82) is 5.26 Å². The number of tetrazole rings is 1. The van der Waals surface area contributed by atoms with E-state index >= 15 is 0 Å². The molecule has 0 saturated carbocycles. The predicted octanol–water partition coefficient (Wildman–Crippen LogP) is 2.24. The van der Waals surface area contributed by atoms with Gasteiger partial charge < -0.3 is 5.32 Å². The summed E-state index contributed by atoms with van der Waals surface area (Å²) in [6, 6.07) is 11.9. The van der Waals surface area contributed by atoms with Gasteiger partial charge in [-0.1, -0.05) is 18.2 Å². The van der Waals surface area contributed by atoms with Crippen molar-refractivity contribution in [3.05, 3.63) is 58.5 Å². The van der Waals surface area contributed by atoms with E-state index in [1.807, 2.05) is 6.07 Å². The monoisotopic (exact) mass is 307 g/mol. The van der Waals surface area contributed by atoms with E-state index < -0.39 is 4.92 Å². The number of H-pyrrole nitrogens is 1. The highest BCUT2D eigenvalue weighted by Crippen LogP contribution is 2.31. The Hall–Kier alpha value is -3.80. The molecule has 0 radical (unpaired) electrons. The largest absolute Gasteiger partial charge is 0.360 e. The minimum absolute atomic E-state index is 0.0220. The minimum Gasteiger partial charge on any atom is -0.360 e. The van der Waals surface area contributed by atoms with Gasteiger partial charge in [0.2, 0.25) is 5.82 Å². The number of nitro benzene ring substituents is 1. The zero-order valence-electron chi connectivity index (χ0n) is 11.6. The molecule has 9 heteroatoms. The van der Waals surface area contributed by atoms with E-state index in [-0.39, 0.29) is 17.1 Å². The van der Waals surface area contributed by atoms with Crippen LogP contribution in [0.15, 0.2) is 42.6 Å². The number of aromatic nitrogens is 4. The molecule has 112 valence electrons. The van der Waals surface area contributed by atoms with Crippen LogP contribution >= 0.6 is 0 Å². The molecule has 0 aliphatic heterocycles. The SMILES string of the molecule is N#CC(=CNc1ccc([N+](=O)[O-])c2ccccc12)c1nn[nH]n1. The number of anilines is 1. The maximum Gasteiger partial charge on any atom is 0.277 e. The molecule has 0 bridgehead atoms. The normalized spacial score (nSPS) is 11.2. The van der Waals surface area contributed by atoms with Gasteiger partial charge in [0.05, 0.1) is 10.3 Å². The molecule has 1 heterocycles. The summed E-state index contributed by atoms with van der Waals surface area (Å²) < 4.78 is 0. The summed E-state index contributed by atoms with van der Waals surface area (Å²) in [7, 11) is 0. The number of nitrogens with one attached hydrogen (secondary N) is 2. The Morgan fingerprint density at radius 3 is 2.74 bits per heavy atom. The van der Waals surface area contributed by atoms with Crippen molar-refractivity contribution < 1.29 is 4.92 Å². The third kappa shape index (κ3) is 2.68. The first kappa shape index (κ1) is 14.2. The lowest BCUT2D eigenvalue weighted by Crippen LogP contribution is -1.96. The fourth-order valence-electron chi connectivity index (χ4n) is 2.14. The van der Waals surface area contributed by atoms with Gasteiger partial charge in [0.15, 0.2) is 0 Å². The van der Waals surface area contributed by atoms with Gasteiger partial charge in [0.1, 0.15) is 11.6 Å². The highest BCUT2D eigenvalue weighted by molar-refractivity contribution is 6.00. The number of hydrogen-bond donors (Lipinski definition) is 2. The van der Waals surface area contributed by atoms with Gasteiger partial charge in [-0.3, -0.25) is 10.1 Å². The first-order valence-corrected chi connectivity index (χ1v) is 6.47. The number of aromatic amines is 1. The van der Waals surface area contributed by atoms with E-state index in [0.29, 0.717) is 16.5 Å². The average Bonchev–Trinajstić information content (AvgIpc) is 3.09. The number of allylic oxidation sites excluding steroid dienone is 1. The number of nitro groups is 1. The third-order valence-electron chi connectivity index (χ3n) is 3.18. The Balaban J connectivity index is 2.03. The van der Waals surface area contributed by atoms with Gasteiger partial charge in [-0.15, -0.1) is 10.2 Å². The van der Waals surface area contributed by atoms with Crippen molar-refractivity contribution in [3.8, 4) is 6.07 Å². The minimum atomic E-state index is -0.429. The van der Waals surface area contributed by atoms with Crippen LogP contribution in [0.2, 0.25) is 0 Å². The highest BCUT2D eigenvalue weighted by Gasteiger charge is 2.13. The van der Waals surface area contributed by atoms with Crippen LogP contribution in [-0.4, -0.2) is 25.5 Å². The van der Waals surface area contributed by atoms with Crippen molar-refractivity contribution >= 4 is 27.7 Å². The van der Waals surface area contributed by atoms with Crippen LogP contribution in [0.25, 0.3) is 16.3 Å². The maximum absolute atomic E-state index is 11.1. The molecular formula is C14H9N7O2. The van der Waals surface area contributed by atoms with Crippen LogP contribution in [0.1, 0.15) is 5.82 Å². The molecule has 23 heavy (non-hydrogen) atoms. The van der Waals surface area contributed by atoms with Crippen LogP contribution < -0.4 is 5.32 Å². The smallest absolute Gasteiger partial charge is 0.277 e. The van der Waals surface area contributed by atoms with Gasteiger partial charge >= 0.3 is 0 Å². The van der Waals surface area contributed by atoms with Crippen molar-refractivity contribution in [2.75, 3.05) is 5.32 Å². The molecule has 3 aromatic rings. The molecule has 0 saturated heterocycles. The molecule has 0 spiro atoms. The molecule has 0 atom stereocenters. The molecule has 0 aliphatic carbocycles. The van der Waals surface area contributed by atoms with Crippen LogP contribution in [0.3, 0.4) is 0 Å². The van der Waals surface area contributed by atoms with Crippen LogP contribution in [0.4, 0.5) is 11.4 Å². The van der Waals surface area contributed by atoms with Gasteiger partial charge in [0, 0.05) is 23.3 Å². The third-order valence-corrected chi connectivity index (χ3v) is 3.18. The van der Waals surface area contributed by atoms with Crippen molar-refractivity contribution in [2.24, 2.45) is 0 Å². The Kier molecular flexibility index (Phi) is 3.63. The van der Waals surface area contributed by atoms with Crippen LogP contribution in [0, 0.1) is 21.4 Å². The Bertz CT molecular complexity index is 941. The Morgan fingerprint density at radius 2 is 2.09 bits per heavy atom. The standard InChI is InChI=1S/C14H9N7O2/c15-7-9(14-17-19-20-18-14)8-16-12-5-6-13(21(22)23)11-4-2-1-3-10(11)12/h1-6,8,16H,(H,17,18,19,20). The zero-order valence-corrected chi connectivity index (χ0v) is 11.6. The Labute approximate surface area is 129 Å². The molecule has 1 aromatic heterocycles. The fourth-order valence-corrected chi connectivity index (χ4v) is 2.14. The summed E-state index contributed by atoms with van der Waals surface area (Å²) in [5.41, 5.74) is 0.831. The van der Waals surface area contributed by atoms with Gasteiger partial charge in [-0.25, -0.2) is 0 Å². The van der Waals surface area contributed by atoms with E-state index in [1.54, 1.807) is 30.3 Å². The van der Waals surface area contributed by atoms with Crippen molar-refractivity contribution in [2.45, 2.75) is 0 Å². The van der Waals surface area contributed by atoms with Gasteiger partial charge in [-0.2, -0.15) is 10.5 Å². The summed E-state index contributed by atoms with van der Waals surface area (Å²) >= 11 is 0. The second-order valence-corrected chi connectivity index (χ2v) is 4.48. The van der Waals surface area contributed by atoms with Gasteiger partial charge in [0.25, 0.3) is 5.69 Å². The second kappa shape index (κ2) is 5.90. The van der Waals surface area contributed by atoms with E-state index in [0.717, 1.165) is 0 Å². The molecule has 2 aromatic carbocycles. The molecule has 0 amide bonds. The summed E-state index contributed by atoms with van der Waals surface area (Å²) in [4.78, 5) is 10.7.